The van der Waals surface area contributed by atoms with Crippen molar-refractivity contribution in [3.05, 3.63) is 24.3 Å². The van der Waals surface area contributed by atoms with Crippen molar-refractivity contribution in [2.24, 2.45) is 5.41 Å². The summed E-state index contributed by atoms with van der Waals surface area (Å²) in [5.41, 5.74) is 7.75. The number of nitriles is 1. The van der Waals surface area contributed by atoms with E-state index in [-0.39, 0.29) is 5.41 Å². The number of hydrogen-bond donors (Lipinski definition) is 1. The van der Waals surface area contributed by atoms with Crippen LogP contribution in [0.2, 0.25) is 0 Å². The zero-order valence-electron chi connectivity index (χ0n) is 12.3. The Balaban J connectivity index is 2.47. The maximum Gasteiger partial charge on any atom is 0.0683 e. The minimum absolute atomic E-state index is 0.206. The molecule has 3 nitrogen and oxygen atoms in total. The molecule has 0 atom stereocenters. The number of para-hydroxylation sites is 2. The Kier molecular flexibility index (Phi) is 5.69. The van der Waals surface area contributed by atoms with Crippen LogP contribution in [0.25, 0.3) is 0 Å². The van der Waals surface area contributed by atoms with E-state index in [9.17, 15) is 0 Å². The molecule has 0 bridgehead atoms. The van der Waals surface area contributed by atoms with Crippen molar-refractivity contribution in [1.29, 1.82) is 5.26 Å². The molecule has 0 aliphatic heterocycles. The van der Waals surface area contributed by atoms with Crippen molar-refractivity contribution in [2.75, 3.05) is 23.7 Å². The summed E-state index contributed by atoms with van der Waals surface area (Å²) >= 11 is 0. The topological polar surface area (TPSA) is 53.0 Å². The van der Waals surface area contributed by atoms with E-state index in [4.69, 9.17) is 11.0 Å². The molecule has 0 aliphatic carbocycles. The first-order valence-corrected chi connectivity index (χ1v) is 7.01. The number of nitrogen functional groups attached to an aromatic ring is 1. The van der Waals surface area contributed by atoms with Gasteiger partial charge in [0.25, 0.3) is 0 Å². The molecule has 0 saturated carbocycles. The van der Waals surface area contributed by atoms with Crippen molar-refractivity contribution in [3.63, 3.8) is 0 Å². The van der Waals surface area contributed by atoms with Gasteiger partial charge in [0.15, 0.2) is 0 Å². The van der Waals surface area contributed by atoms with E-state index >= 15 is 0 Å². The van der Waals surface area contributed by atoms with Crippen molar-refractivity contribution in [1.82, 2.24) is 0 Å². The van der Waals surface area contributed by atoms with Gasteiger partial charge in [-0.1, -0.05) is 18.6 Å². The molecular weight excluding hydrogens is 234 g/mol. The summed E-state index contributed by atoms with van der Waals surface area (Å²) in [5, 5.41) is 8.99. The fraction of sp³-hybridized carbons (Fsp3) is 0.562. The van der Waals surface area contributed by atoms with E-state index in [0.29, 0.717) is 0 Å². The Hall–Kier alpha value is -1.69. The molecule has 1 aromatic carbocycles. The summed E-state index contributed by atoms with van der Waals surface area (Å²) in [6.45, 7) is 8.09. The van der Waals surface area contributed by atoms with Gasteiger partial charge in [-0.05, 0) is 45.7 Å². The predicted octanol–water partition coefficient (Wildman–Crippen LogP) is 3.82. The Bertz CT molecular complexity index is 432. The molecule has 0 aliphatic rings. The monoisotopic (exact) mass is 259 g/mol. The number of benzene rings is 1. The lowest BCUT2D eigenvalue weighted by molar-refractivity contribution is 0.427. The van der Waals surface area contributed by atoms with E-state index in [1.807, 2.05) is 32.0 Å². The lowest BCUT2D eigenvalue weighted by Crippen LogP contribution is -2.25. The van der Waals surface area contributed by atoms with Gasteiger partial charge in [0.05, 0.1) is 22.9 Å². The highest BCUT2D eigenvalue weighted by molar-refractivity contribution is 5.67. The third kappa shape index (κ3) is 4.82. The quantitative estimate of drug-likeness (QED) is 0.598. The SMILES string of the molecule is CCN(CCCCC(C)(C)C#N)c1ccccc1N. The van der Waals surface area contributed by atoms with Gasteiger partial charge < -0.3 is 10.6 Å². The molecule has 0 heterocycles. The van der Waals surface area contributed by atoms with E-state index < -0.39 is 0 Å². The smallest absolute Gasteiger partial charge is 0.0683 e. The molecule has 0 saturated heterocycles. The highest BCUT2D eigenvalue weighted by Crippen LogP contribution is 2.24. The average molecular weight is 259 g/mol. The van der Waals surface area contributed by atoms with E-state index in [1.54, 1.807) is 0 Å². The largest absolute Gasteiger partial charge is 0.397 e. The molecule has 2 N–H and O–H groups in total. The van der Waals surface area contributed by atoms with Crippen molar-refractivity contribution >= 4 is 11.4 Å². The van der Waals surface area contributed by atoms with E-state index in [2.05, 4.69) is 24.0 Å². The summed E-state index contributed by atoms with van der Waals surface area (Å²) in [6.07, 6.45) is 3.11. The van der Waals surface area contributed by atoms with Crippen molar-refractivity contribution in [2.45, 2.75) is 40.0 Å². The number of anilines is 2. The molecule has 0 amide bonds. The van der Waals surface area contributed by atoms with Gasteiger partial charge in [0.2, 0.25) is 0 Å². The first-order valence-electron chi connectivity index (χ1n) is 7.01. The minimum atomic E-state index is -0.206. The summed E-state index contributed by atoms with van der Waals surface area (Å²) in [5.74, 6) is 0. The van der Waals surface area contributed by atoms with Crippen LogP contribution in [0.3, 0.4) is 0 Å². The fourth-order valence-electron chi connectivity index (χ4n) is 2.15. The lowest BCUT2D eigenvalue weighted by atomic mass is 9.89. The zero-order valence-corrected chi connectivity index (χ0v) is 12.3. The fourth-order valence-corrected chi connectivity index (χ4v) is 2.15. The highest BCUT2D eigenvalue weighted by Gasteiger charge is 2.16. The standard InChI is InChI=1S/C16H25N3/c1-4-19(15-10-6-5-9-14(15)18)12-8-7-11-16(2,3)13-17/h5-6,9-10H,4,7-8,11-12,18H2,1-3H3. The number of nitrogens with zero attached hydrogens (tertiary/aromatic N) is 2. The lowest BCUT2D eigenvalue weighted by Gasteiger charge is -2.25. The molecule has 0 spiro atoms. The van der Waals surface area contributed by atoms with Crippen LogP contribution in [0.5, 0.6) is 0 Å². The van der Waals surface area contributed by atoms with Crippen molar-refractivity contribution < 1.29 is 0 Å². The number of unbranched alkanes of at least 4 members (excludes halogenated alkanes) is 1. The first-order chi connectivity index (χ1) is 9.00. The Labute approximate surface area is 117 Å². The molecule has 0 fully saturated rings. The third-order valence-corrected chi connectivity index (χ3v) is 3.44. The first kappa shape index (κ1) is 15.4. The van der Waals surface area contributed by atoms with E-state index in [0.717, 1.165) is 43.7 Å². The van der Waals surface area contributed by atoms with Crippen LogP contribution in [0, 0.1) is 16.7 Å². The maximum absolute atomic E-state index is 8.99. The second-order valence-electron chi connectivity index (χ2n) is 5.59. The number of hydrogen-bond acceptors (Lipinski definition) is 3. The van der Waals surface area contributed by atoms with Gasteiger partial charge in [0.1, 0.15) is 0 Å². The van der Waals surface area contributed by atoms with Gasteiger partial charge in [-0.2, -0.15) is 5.26 Å². The van der Waals surface area contributed by atoms with Crippen LogP contribution < -0.4 is 10.6 Å². The number of rotatable bonds is 7. The maximum atomic E-state index is 8.99. The molecule has 104 valence electrons. The Morgan fingerprint density at radius 2 is 1.95 bits per heavy atom. The van der Waals surface area contributed by atoms with Crippen LogP contribution in [-0.4, -0.2) is 13.1 Å². The van der Waals surface area contributed by atoms with Gasteiger partial charge in [-0.15, -0.1) is 0 Å². The van der Waals surface area contributed by atoms with Crippen LogP contribution in [0.1, 0.15) is 40.0 Å². The Morgan fingerprint density at radius 3 is 2.53 bits per heavy atom. The molecule has 1 aromatic rings. The van der Waals surface area contributed by atoms with Gasteiger partial charge in [-0.3, -0.25) is 0 Å². The third-order valence-electron chi connectivity index (χ3n) is 3.44. The normalized spacial score (nSPS) is 11.1. The summed E-state index contributed by atoms with van der Waals surface area (Å²) in [4.78, 5) is 2.30. The second kappa shape index (κ2) is 7.04. The molecule has 3 heteroatoms. The number of nitrogens with two attached hydrogens (primary N) is 1. The van der Waals surface area contributed by atoms with Gasteiger partial charge >= 0.3 is 0 Å². The average Bonchev–Trinajstić information content (AvgIpc) is 2.40. The van der Waals surface area contributed by atoms with Crippen molar-refractivity contribution in [3.8, 4) is 6.07 Å². The minimum Gasteiger partial charge on any atom is -0.397 e. The molecule has 0 unspecified atom stereocenters. The Morgan fingerprint density at radius 1 is 1.26 bits per heavy atom. The predicted molar refractivity (Wildman–Crippen MR) is 82.0 cm³/mol. The van der Waals surface area contributed by atoms with Crippen LogP contribution in [-0.2, 0) is 0 Å². The molecule has 1 rings (SSSR count). The zero-order chi connectivity index (χ0) is 14.3. The van der Waals surface area contributed by atoms with E-state index in [1.165, 1.54) is 0 Å². The van der Waals surface area contributed by atoms with Crippen LogP contribution >= 0.6 is 0 Å². The van der Waals surface area contributed by atoms with Crippen LogP contribution in [0.15, 0.2) is 24.3 Å². The molecule has 0 aromatic heterocycles. The molecule has 19 heavy (non-hydrogen) atoms. The second-order valence-corrected chi connectivity index (χ2v) is 5.59. The summed E-state index contributed by atoms with van der Waals surface area (Å²) in [7, 11) is 0. The molecular formula is C16H25N3. The highest BCUT2D eigenvalue weighted by atomic mass is 15.1. The summed E-state index contributed by atoms with van der Waals surface area (Å²) < 4.78 is 0. The van der Waals surface area contributed by atoms with Gasteiger partial charge in [0, 0.05) is 13.1 Å². The van der Waals surface area contributed by atoms with Gasteiger partial charge in [-0.25, -0.2) is 0 Å². The molecule has 0 radical (unpaired) electrons. The summed E-state index contributed by atoms with van der Waals surface area (Å²) in [6, 6.07) is 10.3. The van der Waals surface area contributed by atoms with Crippen LogP contribution in [0.4, 0.5) is 11.4 Å².